The molecule has 0 unspecified atom stereocenters. The number of aryl methyl sites for hydroxylation is 1. The Hall–Kier alpha value is -0.340. The van der Waals surface area contributed by atoms with Gasteiger partial charge in [0, 0.05) is 16.2 Å². The van der Waals surface area contributed by atoms with Crippen LogP contribution in [-0.2, 0) is 12.8 Å². The van der Waals surface area contributed by atoms with E-state index in [1.165, 1.54) is 16.2 Å². The van der Waals surface area contributed by atoms with Crippen LogP contribution in [0.4, 0.5) is 0 Å². The molecule has 1 heterocycles. The fraction of sp³-hybridized carbons (Fsp3) is 0.636. The maximum Gasteiger partial charge on any atom is 0.0639 e. The van der Waals surface area contributed by atoms with Crippen LogP contribution < -0.4 is 0 Å². The SMILES string of the molecule is CCCc1ccc(CC(C)(C)O)s1. The topological polar surface area (TPSA) is 20.2 Å². The molecule has 13 heavy (non-hydrogen) atoms. The summed E-state index contributed by atoms with van der Waals surface area (Å²) in [6.45, 7) is 5.90. The van der Waals surface area contributed by atoms with Gasteiger partial charge in [0.05, 0.1) is 5.60 Å². The van der Waals surface area contributed by atoms with Gasteiger partial charge in [0.1, 0.15) is 0 Å². The van der Waals surface area contributed by atoms with E-state index in [1.807, 2.05) is 25.2 Å². The van der Waals surface area contributed by atoms with Gasteiger partial charge in [0.15, 0.2) is 0 Å². The highest BCUT2D eigenvalue weighted by molar-refractivity contribution is 7.12. The van der Waals surface area contributed by atoms with Crippen LogP contribution in [0.3, 0.4) is 0 Å². The fourth-order valence-corrected chi connectivity index (χ4v) is 2.66. The first-order valence-corrected chi connectivity index (χ1v) is 5.63. The largest absolute Gasteiger partial charge is 0.390 e. The predicted octanol–water partition coefficient (Wildman–Crippen LogP) is 3.01. The number of rotatable bonds is 4. The zero-order valence-electron chi connectivity index (χ0n) is 8.63. The van der Waals surface area contributed by atoms with E-state index >= 15 is 0 Å². The maximum atomic E-state index is 9.62. The predicted molar refractivity (Wildman–Crippen MR) is 58.3 cm³/mol. The van der Waals surface area contributed by atoms with Gasteiger partial charge in [-0.2, -0.15) is 0 Å². The van der Waals surface area contributed by atoms with Crippen molar-refractivity contribution in [2.45, 2.75) is 45.6 Å². The third-order valence-electron chi connectivity index (χ3n) is 1.82. The molecule has 74 valence electrons. The second kappa shape index (κ2) is 4.25. The molecule has 2 heteroatoms. The summed E-state index contributed by atoms with van der Waals surface area (Å²) >= 11 is 1.82. The lowest BCUT2D eigenvalue weighted by molar-refractivity contribution is 0.0818. The molecule has 1 nitrogen and oxygen atoms in total. The van der Waals surface area contributed by atoms with Gasteiger partial charge < -0.3 is 5.11 Å². The van der Waals surface area contributed by atoms with E-state index in [1.54, 1.807) is 0 Å². The first-order chi connectivity index (χ1) is 6.01. The van der Waals surface area contributed by atoms with Gasteiger partial charge in [0.25, 0.3) is 0 Å². The number of hydrogen-bond acceptors (Lipinski definition) is 2. The van der Waals surface area contributed by atoms with Crippen molar-refractivity contribution >= 4 is 11.3 Å². The molecule has 0 saturated carbocycles. The summed E-state index contributed by atoms with van der Waals surface area (Å²) in [5.74, 6) is 0. The zero-order valence-corrected chi connectivity index (χ0v) is 9.45. The number of thiophene rings is 1. The Morgan fingerprint density at radius 3 is 2.46 bits per heavy atom. The molecule has 0 fully saturated rings. The van der Waals surface area contributed by atoms with E-state index in [0.717, 1.165) is 12.8 Å². The average molecular weight is 198 g/mol. The van der Waals surface area contributed by atoms with E-state index in [2.05, 4.69) is 19.1 Å². The Morgan fingerprint density at radius 2 is 1.92 bits per heavy atom. The molecule has 1 aromatic rings. The first-order valence-electron chi connectivity index (χ1n) is 4.81. The highest BCUT2D eigenvalue weighted by Gasteiger charge is 2.14. The summed E-state index contributed by atoms with van der Waals surface area (Å²) in [4.78, 5) is 2.72. The van der Waals surface area contributed by atoms with E-state index < -0.39 is 5.60 Å². The lowest BCUT2D eigenvalue weighted by atomic mass is 10.1. The van der Waals surface area contributed by atoms with Crippen LogP contribution in [0.1, 0.15) is 36.9 Å². The van der Waals surface area contributed by atoms with Crippen molar-refractivity contribution in [3.05, 3.63) is 21.9 Å². The van der Waals surface area contributed by atoms with Crippen LogP contribution in [-0.4, -0.2) is 10.7 Å². The monoisotopic (exact) mass is 198 g/mol. The second-order valence-corrected chi connectivity index (χ2v) is 5.36. The summed E-state index contributed by atoms with van der Waals surface area (Å²) < 4.78 is 0. The van der Waals surface area contributed by atoms with Crippen molar-refractivity contribution in [3.63, 3.8) is 0 Å². The first kappa shape index (κ1) is 10.7. The molecule has 0 spiro atoms. The summed E-state index contributed by atoms with van der Waals surface area (Å²) in [5.41, 5.74) is -0.575. The zero-order chi connectivity index (χ0) is 9.90. The number of aliphatic hydroxyl groups is 1. The van der Waals surface area contributed by atoms with Crippen LogP contribution in [0.2, 0.25) is 0 Å². The van der Waals surface area contributed by atoms with Gasteiger partial charge in [-0.1, -0.05) is 13.3 Å². The molecular weight excluding hydrogens is 180 g/mol. The standard InChI is InChI=1S/C11H18OS/c1-4-5-9-6-7-10(13-9)8-11(2,3)12/h6-7,12H,4-5,8H2,1-3H3. The summed E-state index contributed by atoms with van der Waals surface area (Å²) in [7, 11) is 0. The minimum atomic E-state index is -0.575. The molecule has 0 bridgehead atoms. The van der Waals surface area contributed by atoms with Gasteiger partial charge in [-0.3, -0.25) is 0 Å². The Labute approximate surface area is 84.4 Å². The van der Waals surface area contributed by atoms with Crippen LogP contribution in [0.25, 0.3) is 0 Å². The van der Waals surface area contributed by atoms with Crippen LogP contribution in [0, 0.1) is 0 Å². The molecule has 0 aliphatic rings. The molecule has 0 atom stereocenters. The minimum absolute atomic E-state index is 0.575. The third kappa shape index (κ3) is 3.92. The molecule has 0 aliphatic carbocycles. The van der Waals surface area contributed by atoms with E-state index in [9.17, 15) is 5.11 Å². The highest BCUT2D eigenvalue weighted by Crippen LogP contribution is 2.22. The molecule has 0 radical (unpaired) electrons. The van der Waals surface area contributed by atoms with Crippen molar-refractivity contribution in [3.8, 4) is 0 Å². The molecule has 1 aromatic heterocycles. The quantitative estimate of drug-likeness (QED) is 0.788. The van der Waals surface area contributed by atoms with Crippen molar-refractivity contribution in [2.24, 2.45) is 0 Å². The number of hydrogen-bond donors (Lipinski definition) is 1. The lowest BCUT2D eigenvalue weighted by Crippen LogP contribution is -2.20. The Morgan fingerprint density at radius 1 is 1.31 bits per heavy atom. The Bertz CT molecular complexity index is 257. The molecule has 0 aliphatic heterocycles. The molecule has 0 aromatic carbocycles. The fourth-order valence-electron chi connectivity index (χ4n) is 1.32. The van der Waals surface area contributed by atoms with Gasteiger partial charge >= 0.3 is 0 Å². The molecule has 1 N–H and O–H groups in total. The molecule has 0 amide bonds. The Kier molecular flexibility index (Phi) is 3.51. The van der Waals surface area contributed by atoms with Crippen LogP contribution >= 0.6 is 11.3 Å². The summed E-state index contributed by atoms with van der Waals surface area (Å²) in [5, 5.41) is 9.62. The van der Waals surface area contributed by atoms with E-state index in [0.29, 0.717) is 0 Å². The maximum absolute atomic E-state index is 9.62. The lowest BCUT2D eigenvalue weighted by Gasteiger charge is -2.14. The molecular formula is C11H18OS. The van der Waals surface area contributed by atoms with Crippen LogP contribution in [0.15, 0.2) is 12.1 Å². The summed E-state index contributed by atoms with van der Waals surface area (Å²) in [6, 6.07) is 4.31. The normalized spacial score (nSPS) is 12.0. The van der Waals surface area contributed by atoms with Crippen molar-refractivity contribution in [1.82, 2.24) is 0 Å². The van der Waals surface area contributed by atoms with Gasteiger partial charge in [0.2, 0.25) is 0 Å². The van der Waals surface area contributed by atoms with Crippen molar-refractivity contribution in [2.75, 3.05) is 0 Å². The highest BCUT2D eigenvalue weighted by atomic mass is 32.1. The van der Waals surface area contributed by atoms with E-state index in [-0.39, 0.29) is 0 Å². The van der Waals surface area contributed by atoms with Crippen LogP contribution in [0.5, 0.6) is 0 Å². The van der Waals surface area contributed by atoms with Gasteiger partial charge in [-0.15, -0.1) is 11.3 Å². The van der Waals surface area contributed by atoms with Crippen molar-refractivity contribution < 1.29 is 5.11 Å². The molecule has 1 rings (SSSR count). The summed E-state index contributed by atoms with van der Waals surface area (Å²) in [6.07, 6.45) is 3.13. The average Bonchev–Trinajstić information content (AvgIpc) is 2.33. The van der Waals surface area contributed by atoms with Gasteiger partial charge in [-0.05, 0) is 32.4 Å². The van der Waals surface area contributed by atoms with E-state index in [4.69, 9.17) is 0 Å². The van der Waals surface area contributed by atoms with Gasteiger partial charge in [-0.25, -0.2) is 0 Å². The minimum Gasteiger partial charge on any atom is -0.390 e. The molecule has 0 saturated heterocycles. The Balaban J connectivity index is 2.59. The third-order valence-corrected chi connectivity index (χ3v) is 2.97. The van der Waals surface area contributed by atoms with Crippen molar-refractivity contribution in [1.29, 1.82) is 0 Å². The smallest absolute Gasteiger partial charge is 0.0639 e. The second-order valence-electron chi connectivity index (χ2n) is 4.11.